The number of carbonyl (C=O) groups excluding carboxylic acids is 1. The van der Waals surface area contributed by atoms with Crippen molar-refractivity contribution in [1.29, 1.82) is 0 Å². The number of hydrogen-bond donors (Lipinski definition) is 1. The Morgan fingerprint density at radius 3 is 2.23 bits per heavy atom. The lowest BCUT2D eigenvalue weighted by Gasteiger charge is -2.19. The Balaban J connectivity index is 3.82. The summed E-state index contributed by atoms with van der Waals surface area (Å²) in [5, 5.41) is 3.23. The fraction of sp³-hybridized carbons (Fsp3) is 0.900. The predicted octanol–water partition coefficient (Wildman–Crippen LogP) is 1.72. The normalized spacial score (nSPS) is 13.0. The van der Waals surface area contributed by atoms with Crippen LogP contribution in [0.2, 0.25) is 0 Å². The minimum Gasteiger partial charge on any atom is -0.465 e. The van der Waals surface area contributed by atoms with Crippen LogP contribution in [0.1, 0.15) is 40.5 Å². The molecule has 0 amide bonds. The second-order valence-corrected chi connectivity index (χ2v) is 3.15. The summed E-state index contributed by atoms with van der Waals surface area (Å²) in [7, 11) is 0. The minimum absolute atomic E-state index is 0.158. The first kappa shape index (κ1) is 12.4. The van der Waals surface area contributed by atoms with E-state index in [0.717, 1.165) is 12.8 Å². The average Bonchev–Trinajstić information content (AvgIpc) is 2.14. The highest BCUT2D eigenvalue weighted by atomic mass is 16.5. The maximum Gasteiger partial charge on any atom is 0.322 e. The summed E-state index contributed by atoms with van der Waals surface area (Å²) < 4.78 is 4.89. The third-order valence-electron chi connectivity index (χ3n) is 2.11. The molecule has 0 rings (SSSR count). The molecule has 0 heterocycles. The SMILES string of the molecule is CCOC(=O)C(C)NC(CC)CC. The Hall–Kier alpha value is -0.570. The smallest absolute Gasteiger partial charge is 0.322 e. The highest BCUT2D eigenvalue weighted by molar-refractivity contribution is 5.75. The van der Waals surface area contributed by atoms with Gasteiger partial charge in [0.2, 0.25) is 0 Å². The molecule has 0 aromatic heterocycles. The Morgan fingerprint density at radius 2 is 1.85 bits per heavy atom. The van der Waals surface area contributed by atoms with Gasteiger partial charge in [0.1, 0.15) is 6.04 Å². The Bertz CT molecular complexity index is 144. The highest BCUT2D eigenvalue weighted by Gasteiger charge is 2.16. The molecule has 0 spiro atoms. The van der Waals surface area contributed by atoms with Gasteiger partial charge in [-0.25, -0.2) is 0 Å². The molecule has 0 aliphatic heterocycles. The lowest BCUT2D eigenvalue weighted by atomic mass is 10.1. The number of hydrogen-bond acceptors (Lipinski definition) is 3. The first-order valence-corrected chi connectivity index (χ1v) is 5.08. The second kappa shape index (κ2) is 6.89. The molecule has 78 valence electrons. The summed E-state index contributed by atoms with van der Waals surface area (Å²) in [5.74, 6) is -0.158. The van der Waals surface area contributed by atoms with Crippen molar-refractivity contribution >= 4 is 5.97 Å². The lowest BCUT2D eigenvalue weighted by Crippen LogP contribution is -2.41. The van der Waals surface area contributed by atoms with Crippen molar-refractivity contribution in [2.45, 2.75) is 52.6 Å². The number of nitrogens with one attached hydrogen (secondary N) is 1. The summed E-state index contributed by atoms with van der Waals surface area (Å²) in [6.07, 6.45) is 2.08. The van der Waals surface area contributed by atoms with Gasteiger partial charge in [-0.3, -0.25) is 4.79 Å². The Kier molecular flexibility index (Phi) is 6.59. The van der Waals surface area contributed by atoms with Crippen LogP contribution < -0.4 is 5.32 Å². The van der Waals surface area contributed by atoms with Gasteiger partial charge in [-0.2, -0.15) is 0 Å². The van der Waals surface area contributed by atoms with Crippen molar-refractivity contribution in [2.24, 2.45) is 0 Å². The van der Waals surface area contributed by atoms with E-state index in [1.807, 2.05) is 13.8 Å². The molecule has 1 atom stereocenters. The van der Waals surface area contributed by atoms with E-state index in [-0.39, 0.29) is 12.0 Å². The average molecular weight is 187 g/mol. The third kappa shape index (κ3) is 4.88. The Morgan fingerprint density at radius 1 is 1.31 bits per heavy atom. The molecule has 0 saturated carbocycles. The van der Waals surface area contributed by atoms with Gasteiger partial charge in [-0.05, 0) is 26.7 Å². The maximum absolute atomic E-state index is 11.2. The van der Waals surface area contributed by atoms with Crippen molar-refractivity contribution in [3.63, 3.8) is 0 Å². The van der Waals surface area contributed by atoms with Crippen molar-refractivity contribution in [1.82, 2.24) is 5.32 Å². The van der Waals surface area contributed by atoms with Crippen LogP contribution in [0.25, 0.3) is 0 Å². The van der Waals surface area contributed by atoms with Crippen molar-refractivity contribution < 1.29 is 9.53 Å². The van der Waals surface area contributed by atoms with Crippen molar-refractivity contribution in [3.05, 3.63) is 0 Å². The molecule has 0 saturated heterocycles. The van der Waals surface area contributed by atoms with Crippen LogP contribution in [0.4, 0.5) is 0 Å². The number of esters is 1. The van der Waals surface area contributed by atoms with E-state index in [4.69, 9.17) is 4.74 Å². The van der Waals surface area contributed by atoms with Gasteiger partial charge in [0.15, 0.2) is 0 Å². The molecular formula is C10H21NO2. The highest BCUT2D eigenvalue weighted by Crippen LogP contribution is 1.99. The van der Waals surface area contributed by atoms with Gasteiger partial charge in [-0.15, -0.1) is 0 Å². The van der Waals surface area contributed by atoms with Gasteiger partial charge < -0.3 is 10.1 Å². The molecule has 0 aromatic rings. The number of carbonyl (C=O) groups is 1. The molecular weight excluding hydrogens is 166 g/mol. The first-order valence-electron chi connectivity index (χ1n) is 5.08. The molecule has 1 unspecified atom stereocenters. The number of ether oxygens (including phenoxy) is 1. The lowest BCUT2D eigenvalue weighted by molar-refractivity contribution is -0.145. The fourth-order valence-electron chi connectivity index (χ4n) is 1.21. The molecule has 13 heavy (non-hydrogen) atoms. The summed E-state index contributed by atoms with van der Waals surface area (Å²) in [4.78, 5) is 11.2. The van der Waals surface area contributed by atoms with E-state index in [1.54, 1.807) is 0 Å². The second-order valence-electron chi connectivity index (χ2n) is 3.15. The number of rotatable bonds is 6. The van der Waals surface area contributed by atoms with Crippen LogP contribution in [-0.2, 0) is 9.53 Å². The topological polar surface area (TPSA) is 38.3 Å². The van der Waals surface area contributed by atoms with Gasteiger partial charge in [0, 0.05) is 6.04 Å². The van der Waals surface area contributed by atoms with Gasteiger partial charge in [-0.1, -0.05) is 13.8 Å². The molecule has 0 bridgehead atoms. The van der Waals surface area contributed by atoms with Crippen LogP contribution >= 0.6 is 0 Å². The first-order chi connectivity index (χ1) is 6.15. The maximum atomic E-state index is 11.2. The quantitative estimate of drug-likeness (QED) is 0.643. The standard InChI is InChI=1S/C10H21NO2/c1-5-9(6-2)11-8(4)10(12)13-7-3/h8-9,11H,5-7H2,1-4H3. The van der Waals surface area contributed by atoms with Crippen LogP contribution in [-0.4, -0.2) is 24.7 Å². The van der Waals surface area contributed by atoms with E-state index in [9.17, 15) is 4.79 Å². The van der Waals surface area contributed by atoms with E-state index >= 15 is 0 Å². The van der Waals surface area contributed by atoms with E-state index in [2.05, 4.69) is 19.2 Å². The predicted molar refractivity (Wildman–Crippen MR) is 53.6 cm³/mol. The summed E-state index contributed by atoms with van der Waals surface area (Å²) >= 11 is 0. The molecule has 3 heteroatoms. The molecule has 0 aliphatic rings. The van der Waals surface area contributed by atoms with Gasteiger partial charge in [0.25, 0.3) is 0 Å². The van der Waals surface area contributed by atoms with Crippen LogP contribution in [0.15, 0.2) is 0 Å². The molecule has 0 aliphatic carbocycles. The van der Waals surface area contributed by atoms with Gasteiger partial charge >= 0.3 is 5.97 Å². The van der Waals surface area contributed by atoms with E-state index < -0.39 is 0 Å². The van der Waals surface area contributed by atoms with E-state index in [1.165, 1.54) is 0 Å². The summed E-state index contributed by atoms with van der Waals surface area (Å²) in [6.45, 7) is 8.34. The largest absolute Gasteiger partial charge is 0.465 e. The zero-order valence-corrected chi connectivity index (χ0v) is 9.09. The summed E-state index contributed by atoms with van der Waals surface area (Å²) in [6, 6.07) is 0.226. The molecule has 0 aromatic carbocycles. The third-order valence-corrected chi connectivity index (χ3v) is 2.11. The van der Waals surface area contributed by atoms with Crippen LogP contribution in [0, 0.1) is 0 Å². The van der Waals surface area contributed by atoms with Crippen LogP contribution in [0.5, 0.6) is 0 Å². The molecule has 0 radical (unpaired) electrons. The minimum atomic E-state index is -0.190. The van der Waals surface area contributed by atoms with Gasteiger partial charge in [0.05, 0.1) is 6.61 Å². The molecule has 1 N–H and O–H groups in total. The summed E-state index contributed by atoms with van der Waals surface area (Å²) in [5.41, 5.74) is 0. The van der Waals surface area contributed by atoms with Crippen molar-refractivity contribution in [3.8, 4) is 0 Å². The molecule has 3 nitrogen and oxygen atoms in total. The fourth-order valence-corrected chi connectivity index (χ4v) is 1.21. The van der Waals surface area contributed by atoms with Crippen molar-refractivity contribution in [2.75, 3.05) is 6.61 Å². The monoisotopic (exact) mass is 187 g/mol. The van der Waals surface area contributed by atoms with E-state index in [0.29, 0.717) is 12.6 Å². The zero-order valence-electron chi connectivity index (χ0n) is 9.09. The molecule has 0 fully saturated rings. The zero-order chi connectivity index (χ0) is 10.3. The van der Waals surface area contributed by atoms with Crippen LogP contribution in [0.3, 0.4) is 0 Å². The Labute approximate surface area is 80.8 Å².